The van der Waals surface area contributed by atoms with Crippen molar-refractivity contribution in [1.29, 1.82) is 0 Å². The van der Waals surface area contributed by atoms with E-state index in [1.165, 1.54) is 49.2 Å². The summed E-state index contributed by atoms with van der Waals surface area (Å²) in [6.07, 6.45) is 3.99. The molecule has 2 aliphatic rings. The number of likely N-dealkylation sites (tertiary alicyclic amines) is 1. The predicted molar refractivity (Wildman–Crippen MR) is 99.4 cm³/mol. The molecule has 1 N–H and O–H groups in total. The lowest BCUT2D eigenvalue weighted by atomic mass is 10.1. The third kappa shape index (κ3) is 3.94. The zero-order valence-electron chi connectivity index (χ0n) is 13.5. The van der Waals surface area contributed by atoms with E-state index in [1.54, 1.807) is 11.3 Å². The van der Waals surface area contributed by atoms with Gasteiger partial charge in [-0.1, -0.05) is 29.8 Å². The van der Waals surface area contributed by atoms with E-state index in [9.17, 15) is 0 Å². The van der Waals surface area contributed by atoms with Crippen LogP contribution in [0.5, 0.6) is 0 Å². The molecule has 0 radical (unpaired) electrons. The van der Waals surface area contributed by atoms with Crippen LogP contribution in [0.1, 0.15) is 30.5 Å². The van der Waals surface area contributed by atoms with Gasteiger partial charge in [0.15, 0.2) is 0 Å². The van der Waals surface area contributed by atoms with Gasteiger partial charge in [-0.15, -0.1) is 23.7 Å². The van der Waals surface area contributed by atoms with Crippen LogP contribution in [-0.2, 0) is 6.54 Å². The van der Waals surface area contributed by atoms with Crippen LogP contribution in [0.25, 0.3) is 10.6 Å². The van der Waals surface area contributed by atoms with E-state index >= 15 is 0 Å². The van der Waals surface area contributed by atoms with Crippen LogP contribution >= 0.6 is 23.7 Å². The minimum atomic E-state index is 0. The lowest BCUT2D eigenvalue weighted by Crippen LogP contribution is -2.35. The van der Waals surface area contributed by atoms with Crippen molar-refractivity contribution in [2.75, 3.05) is 13.1 Å². The Morgan fingerprint density at radius 3 is 2.78 bits per heavy atom. The predicted octanol–water partition coefficient (Wildman–Crippen LogP) is 3.87. The van der Waals surface area contributed by atoms with Gasteiger partial charge in [-0.05, 0) is 26.2 Å². The minimum Gasteiger partial charge on any atom is -0.310 e. The molecule has 2 aromatic rings. The Hall–Kier alpha value is -0.940. The third-order valence-electron chi connectivity index (χ3n) is 4.84. The summed E-state index contributed by atoms with van der Waals surface area (Å²) in [5.41, 5.74) is 3.75. The molecule has 124 valence electrons. The average Bonchev–Trinajstić information content (AvgIpc) is 3.09. The van der Waals surface area contributed by atoms with Crippen molar-refractivity contribution < 1.29 is 0 Å². The van der Waals surface area contributed by atoms with E-state index in [0.29, 0.717) is 6.04 Å². The maximum atomic E-state index is 4.85. The van der Waals surface area contributed by atoms with Gasteiger partial charge in [-0.25, -0.2) is 4.98 Å². The largest absolute Gasteiger partial charge is 0.310 e. The first-order valence-electron chi connectivity index (χ1n) is 8.26. The fourth-order valence-electron chi connectivity index (χ4n) is 3.60. The fourth-order valence-corrected chi connectivity index (χ4v) is 4.41. The number of nitrogens with zero attached hydrogens (tertiary/aromatic N) is 2. The highest BCUT2D eigenvalue weighted by Crippen LogP contribution is 2.26. The Morgan fingerprint density at radius 1 is 1.17 bits per heavy atom. The Balaban J connectivity index is 0.00000156. The first-order chi connectivity index (χ1) is 10.8. The maximum Gasteiger partial charge on any atom is 0.123 e. The van der Waals surface area contributed by atoms with E-state index < -0.39 is 0 Å². The summed E-state index contributed by atoms with van der Waals surface area (Å²) in [6, 6.07) is 10.1. The first kappa shape index (κ1) is 16.9. The molecule has 2 saturated heterocycles. The summed E-state index contributed by atoms with van der Waals surface area (Å²) >= 11 is 1.76. The zero-order chi connectivity index (χ0) is 14.9. The number of nitrogens with one attached hydrogen (secondary N) is 1. The summed E-state index contributed by atoms with van der Waals surface area (Å²) < 4.78 is 0. The molecule has 23 heavy (non-hydrogen) atoms. The lowest BCUT2D eigenvalue weighted by Gasteiger charge is -2.22. The van der Waals surface area contributed by atoms with Gasteiger partial charge in [0.25, 0.3) is 0 Å². The summed E-state index contributed by atoms with van der Waals surface area (Å²) in [7, 11) is 0. The van der Waals surface area contributed by atoms with E-state index in [4.69, 9.17) is 4.98 Å². The number of benzene rings is 1. The molecule has 1 aromatic carbocycles. The molecule has 1 aromatic heterocycles. The fraction of sp³-hybridized carbons (Fsp3) is 0.500. The number of aryl methyl sites for hydroxylation is 1. The van der Waals surface area contributed by atoms with Crippen molar-refractivity contribution in [3.63, 3.8) is 0 Å². The highest BCUT2D eigenvalue weighted by atomic mass is 35.5. The van der Waals surface area contributed by atoms with Crippen molar-refractivity contribution in [3.05, 3.63) is 40.9 Å². The van der Waals surface area contributed by atoms with E-state index in [2.05, 4.69) is 46.8 Å². The van der Waals surface area contributed by atoms with Gasteiger partial charge in [0.2, 0.25) is 0 Å². The number of hydrogen-bond donors (Lipinski definition) is 1. The second-order valence-corrected chi connectivity index (χ2v) is 7.53. The van der Waals surface area contributed by atoms with Crippen molar-refractivity contribution >= 4 is 23.7 Å². The number of hydrogen-bond acceptors (Lipinski definition) is 4. The standard InChI is InChI=1S/C18H23N3S.ClH/c1-13-2-4-14(5-3-13)18-20-17(12-22-18)11-21-9-8-15-6-7-16(10-21)19-15;/h2-5,12,15-16,19H,6-11H2,1H3;1H. The minimum absolute atomic E-state index is 0. The monoisotopic (exact) mass is 349 g/mol. The van der Waals surface area contributed by atoms with Crippen LogP contribution < -0.4 is 5.32 Å². The average molecular weight is 350 g/mol. The van der Waals surface area contributed by atoms with Gasteiger partial charge in [0, 0.05) is 42.7 Å². The van der Waals surface area contributed by atoms with E-state index in [1.807, 2.05) is 0 Å². The topological polar surface area (TPSA) is 28.2 Å². The molecule has 3 heterocycles. The number of halogens is 1. The Kier molecular flexibility index (Phi) is 5.37. The second kappa shape index (κ2) is 7.31. The highest BCUT2D eigenvalue weighted by Gasteiger charge is 2.29. The SMILES string of the molecule is Cc1ccc(-c2nc(CN3CCC4CCC(C3)N4)cs2)cc1.Cl. The molecule has 0 aliphatic carbocycles. The zero-order valence-corrected chi connectivity index (χ0v) is 15.1. The smallest absolute Gasteiger partial charge is 0.123 e. The summed E-state index contributed by atoms with van der Waals surface area (Å²) in [4.78, 5) is 7.43. The lowest BCUT2D eigenvalue weighted by molar-refractivity contribution is 0.248. The summed E-state index contributed by atoms with van der Waals surface area (Å²) in [5.74, 6) is 0. The van der Waals surface area contributed by atoms with Gasteiger partial charge >= 0.3 is 0 Å². The number of fused-ring (bicyclic) bond motifs is 2. The molecule has 2 unspecified atom stereocenters. The van der Waals surface area contributed by atoms with E-state index in [0.717, 1.165) is 17.6 Å². The highest BCUT2D eigenvalue weighted by molar-refractivity contribution is 7.13. The molecular formula is C18H24ClN3S. The Morgan fingerprint density at radius 2 is 1.96 bits per heavy atom. The van der Waals surface area contributed by atoms with Crippen molar-refractivity contribution in [2.24, 2.45) is 0 Å². The molecule has 0 amide bonds. The van der Waals surface area contributed by atoms with Crippen molar-refractivity contribution in [2.45, 2.75) is 44.8 Å². The summed E-state index contributed by atoms with van der Waals surface area (Å²) in [6.45, 7) is 5.49. The first-order valence-corrected chi connectivity index (χ1v) is 9.14. The number of aromatic nitrogens is 1. The molecule has 0 spiro atoms. The quantitative estimate of drug-likeness (QED) is 0.911. The molecular weight excluding hydrogens is 326 g/mol. The maximum absolute atomic E-state index is 4.85. The van der Waals surface area contributed by atoms with Gasteiger partial charge in [-0.3, -0.25) is 4.90 Å². The molecule has 2 aliphatic heterocycles. The molecule has 4 rings (SSSR count). The van der Waals surface area contributed by atoms with Gasteiger partial charge < -0.3 is 5.32 Å². The third-order valence-corrected chi connectivity index (χ3v) is 5.78. The molecule has 2 fully saturated rings. The summed E-state index contributed by atoms with van der Waals surface area (Å²) in [5, 5.41) is 7.12. The van der Waals surface area contributed by atoms with Crippen LogP contribution in [0.2, 0.25) is 0 Å². The van der Waals surface area contributed by atoms with Gasteiger partial charge in [0.05, 0.1) is 5.69 Å². The second-order valence-electron chi connectivity index (χ2n) is 6.67. The number of rotatable bonds is 3. The van der Waals surface area contributed by atoms with Crippen LogP contribution in [0.4, 0.5) is 0 Å². The van der Waals surface area contributed by atoms with Crippen LogP contribution in [0.3, 0.4) is 0 Å². The van der Waals surface area contributed by atoms with Gasteiger partial charge in [-0.2, -0.15) is 0 Å². The van der Waals surface area contributed by atoms with Crippen LogP contribution in [-0.4, -0.2) is 35.1 Å². The number of thiazole rings is 1. The molecule has 5 heteroatoms. The van der Waals surface area contributed by atoms with Gasteiger partial charge in [0.1, 0.15) is 5.01 Å². The Labute approximate surface area is 148 Å². The van der Waals surface area contributed by atoms with Crippen LogP contribution in [0, 0.1) is 6.92 Å². The molecule has 3 nitrogen and oxygen atoms in total. The molecule has 2 atom stereocenters. The van der Waals surface area contributed by atoms with E-state index in [-0.39, 0.29) is 12.4 Å². The Bertz CT molecular complexity index is 640. The van der Waals surface area contributed by atoms with Crippen molar-refractivity contribution in [3.8, 4) is 10.6 Å². The molecule has 0 saturated carbocycles. The normalized spacial score (nSPS) is 24.2. The molecule has 2 bridgehead atoms. The van der Waals surface area contributed by atoms with Crippen LogP contribution in [0.15, 0.2) is 29.6 Å². The van der Waals surface area contributed by atoms with Crippen molar-refractivity contribution in [1.82, 2.24) is 15.2 Å².